The van der Waals surface area contributed by atoms with Crippen molar-refractivity contribution < 1.29 is 5.73 Å². The highest BCUT2D eigenvalue weighted by molar-refractivity contribution is 5.23. The Morgan fingerprint density at radius 2 is 1.73 bits per heavy atom. The van der Waals surface area contributed by atoms with Crippen molar-refractivity contribution in [3.63, 3.8) is 0 Å². The molecule has 3 heteroatoms. The molecule has 0 aliphatic rings. The third kappa shape index (κ3) is 2.01. The lowest BCUT2D eigenvalue weighted by molar-refractivity contribution is -0.386. The zero-order valence-corrected chi connectivity index (χ0v) is 6.46. The van der Waals surface area contributed by atoms with E-state index in [0.29, 0.717) is 0 Å². The van der Waals surface area contributed by atoms with Gasteiger partial charge in [-0.05, 0) is 5.56 Å². The molecule has 0 aliphatic heterocycles. The number of quaternary nitrogens is 1. The average Bonchev–Trinajstić information content (AvgIpc) is 2.05. The molecule has 60 valence electrons. The van der Waals surface area contributed by atoms with E-state index in [4.69, 9.17) is 11.5 Å². The molecule has 0 aliphatic carbocycles. The Balaban J connectivity index is 2.83. The normalized spacial score (nSPS) is 10.5. The first-order valence-electron chi connectivity index (χ1n) is 3.63. The predicted molar refractivity (Wildman–Crippen MR) is 44.1 cm³/mol. The van der Waals surface area contributed by atoms with E-state index < -0.39 is 0 Å². The van der Waals surface area contributed by atoms with E-state index in [9.17, 15) is 0 Å². The number of hydrogen-bond acceptors (Lipinski definition) is 2. The molecule has 0 aromatic heterocycles. The van der Waals surface area contributed by atoms with Crippen LogP contribution in [0.15, 0.2) is 24.3 Å². The lowest BCUT2D eigenvalue weighted by Gasteiger charge is -2.04. The first-order chi connectivity index (χ1) is 5.24. The van der Waals surface area contributed by atoms with Crippen LogP contribution in [0.4, 0.5) is 0 Å². The van der Waals surface area contributed by atoms with Gasteiger partial charge in [0, 0.05) is 5.56 Å². The Hall–Kier alpha value is -0.900. The maximum absolute atomic E-state index is 5.47. The van der Waals surface area contributed by atoms with Crippen LogP contribution in [0, 0.1) is 0 Å². The minimum absolute atomic E-state index is 0.367. The standard InChI is InChI=1S/C8H13N3/c9-5-6-1-3-7(4-2-6)8(10)11/h1-4,8H,5,9-11H2/p+1. The van der Waals surface area contributed by atoms with Crippen molar-refractivity contribution in [2.45, 2.75) is 12.7 Å². The van der Waals surface area contributed by atoms with E-state index in [1.54, 1.807) is 0 Å². The second kappa shape index (κ2) is 3.48. The summed E-state index contributed by atoms with van der Waals surface area (Å²) in [4.78, 5) is 0. The van der Waals surface area contributed by atoms with Crippen LogP contribution < -0.4 is 17.2 Å². The monoisotopic (exact) mass is 152 g/mol. The molecule has 11 heavy (non-hydrogen) atoms. The van der Waals surface area contributed by atoms with Crippen molar-refractivity contribution >= 4 is 0 Å². The zero-order chi connectivity index (χ0) is 8.27. The Bertz CT molecular complexity index is 215. The highest BCUT2D eigenvalue weighted by Gasteiger charge is 1.97. The fraction of sp³-hybridized carbons (Fsp3) is 0.250. The van der Waals surface area contributed by atoms with Crippen LogP contribution in [0.3, 0.4) is 0 Å². The SMILES string of the molecule is NC(N)c1ccc(C[NH3+])cc1. The molecule has 0 unspecified atom stereocenters. The van der Waals surface area contributed by atoms with Gasteiger partial charge in [0.1, 0.15) is 0 Å². The van der Waals surface area contributed by atoms with Gasteiger partial charge in [0.2, 0.25) is 0 Å². The highest BCUT2D eigenvalue weighted by Crippen LogP contribution is 2.06. The van der Waals surface area contributed by atoms with E-state index >= 15 is 0 Å². The summed E-state index contributed by atoms with van der Waals surface area (Å²) < 4.78 is 0. The van der Waals surface area contributed by atoms with E-state index in [1.807, 2.05) is 24.3 Å². The highest BCUT2D eigenvalue weighted by atomic mass is 14.8. The van der Waals surface area contributed by atoms with Gasteiger partial charge >= 0.3 is 0 Å². The van der Waals surface area contributed by atoms with Crippen molar-refractivity contribution in [1.29, 1.82) is 0 Å². The molecule has 0 spiro atoms. The van der Waals surface area contributed by atoms with Gasteiger partial charge in [-0.25, -0.2) is 0 Å². The van der Waals surface area contributed by atoms with Crippen molar-refractivity contribution in [2.75, 3.05) is 0 Å². The molecule has 1 rings (SSSR count). The Kier molecular flexibility index (Phi) is 2.59. The van der Waals surface area contributed by atoms with E-state index in [-0.39, 0.29) is 6.17 Å². The second-order valence-corrected chi connectivity index (χ2v) is 2.52. The van der Waals surface area contributed by atoms with Gasteiger partial charge in [-0.1, -0.05) is 24.3 Å². The fourth-order valence-electron chi connectivity index (χ4n) is 0.907. The maximum Gasteiger partial charge on any atom is 0.0997 e. The fourth-order valence-corrected chi connectivity index (χ4v) is 0.907. The predicted octanol–water partition coefficient (Wildman–Crippen LogP) is -0.655. The summed E-state index contributed by atoms with van der Waals surface area (Å²) in [6.45, 7) is 0.806. The van der Waals surface area contributed by atoms with E-state index in [0.717, 1.165) is 12.1 Å². The molecule has 0 bridgehead atoms. The Morgan fingerprint density at radius 1 is 1.18 bits per heavy atom. The smallest absolute Gasteiger partial charge is 0.0997 e. The minimum Gasteiger partial charge on any atom is -0.354 e. The lowest BCUT2D eigenvalue weighted by atomic mass is 10.1. The molecular weight excluding hydrogens is 138 g/mol. The molecule has 7 N–H and O–H groups in total. The molecule has 1 aromatic rings. The van der Waals surface area contributed by atoms with Gasteiger partial charge in [0.25, 0.3) is 0 Å². The molecule has 0 fully saturated rings. The molecular formula is C8H14N3+. The summed E-state index contributed by atoms with van der Waals surface area (Å²) in [7, 11) is 0. The molecule has 0 saturated carbocycles. The van der Waals surface area contributed by atoms with Crippen molar-refractivity contribution in [1.82, 2.24) is 0 Å². The Morgan fingerprint density at radius 3 is 2.09 bits per heavy atom. The molecule has 0 saturated heterocycles. The molecule has 1 aromatic carbocycles. The number of benzene rings is 1. The molecule has 0 radical (unpaired) electrons. The zero-order valence-electron chi connectivity index (χ0n) is 6.46. The largest absolute Gasteiger partial charge is 0.354 e. The molecule has 0 atom stereocenters. The van der Waals surface area contributed by atoms with Gasteiger partial charge in [0.05, 0.1) is 12.7 Å². The molecule has 0 amide bonds. The molecule has 0 heterocycles. The van der Waals surface area contributed by atoms with E-state index in [2.05, 4.69) is 5.73 Å². The second-order valence-electron chi connectivity index (χ2n) is 2.52. The number of hydrogen-bond donors (Lipinski definition) is 3. The third-order valence-electron chi connectivity index (χ3n) is 1.65. The number of rotatable bonds is 2. The van der Waals surface area contributed by atoms with Gasteiger partial charge in [-0.15, -0.1) is 0 Å². The van der Waals surface area contributed by atoms with Crippen LogP contribution in [0.25, 0.3) is 0 Å². The van der Waals surface area contributed by atoms with Crippen molar-refractivity contribution in [2.24, 2.45) is 11.5 Å². The van der Waals surface area contributed by atoms with E-state index in [1.165, 1.54) is 5.56 Å². The summed E-state index contributed by atoms with van der Waals surface area (Å²) >= 11 is 0. The van der Waals surface area contributed by atoms with Crippen LogP contribution in [0.2, 0.25) is 0 Å². The summed E-state index contributed by atoms with van der Waals surface area (Å²) in [5.41, 5.74) is 16.9. The van der Waals surface area contributed by atoms with Crippen LogP contribution in [-0.2, 0) is 6.54 Å². The van der Waals surface area contributed by atoms with Gasteiger partial charge in [-0.2, -0.15) is 0 Å². The van der Waals surface area contributed by atoms with Crippen LogP contribution >= 0.6 is 0 Å². The van der Waals surface area contributed by atoms with Crippen molar-refractivity contribution in [3.05, 3.63) is 35.4 Å². The van der Waals surface area contributed by atoms with Crippen LogP contribution in [0.1, 0.15) is 17.3 Å². The minimum atomic E-state index is -0.367. The average molecular weight is 152 g/mol. The lowest BCUT2D eigenvalue weighted by Crippen LogP contribution is -2.47. The van der Waals surface area contributed by atoms with Crippen LogP contribution in [-0.4, -0.2) is 0 Å². The summed E-state index contributed by atoms with van der Waals surface area (Å²) in [5, 5.41) is 0. The Labute approximate surface area is 66.2 Å². The van der Waals surface area contributed by atoms with Crippen molar-refractivity contribution in [3.8, 4) is 0 Å². The third-order valence-corrected chi connectivity index (χ3v) is 1.65. The van der Waals surface area contributed by atoms with Gasteiger partial charge in [0.15, 0.2) is 0 Å². The van der Waals surface area contributed by atoms with Crippen LogP contribution in [0.5, 0.6) is 0 Å². The van der Waals surface area contributed by atoms with Gasteiger partial charge < -0.3 is 17.2 Å². The number of nitrogens with two attached hydrogens (primary N) is 2. The summed E-state index contributed by atoms with van der Waals surface area (Å²) in [5.74, 6) is 0. The quantitative estimate of drug-likeness (QED) is 0.492. The topological polar surface area (TPSA) is 79.7 Å². The summed E-state index contributed by atoms with van der Waals surface area (Å²) in [6, 6.07) is 7.86. The maximum atomic E-state index is 5.47. The molecule has 3 nitrogen and oxygen atoms in total. The first kappa shape index (κ1) is 8.20. The van der Waals surface area contributed by atoms with Gasteiger partial charge in [-0.3, -0.25) is 0 Å². The first-order valence-corrected chi connectivity index (χ1v) is 3.63. The summed E-state index contributed by atoms with van der Waals surface area (Å²) in [6.07, 6.45) is -0.367.